The number of hydrogen-bond acceptors (Lipinski definition) is 4. The van der Waals surface area contributed by atoms with Gasteiger partial charge in [-0.1, -0.05) is 25.1 Å². The molecule has 0 aromatic heterocycles. The lowest BCUT2D eigenvalue weighted by Gasteiger charge is -2.31. The molecule has 0 spiro atoms. The topological polar surface area (TPSA) is 74.8 Å². The number of sulfonamides is 1. The third-order valence-electron chi connectivity index (χ3n) is 4.86. The van der Waals surface area contributed by atoms with Crippen molar-refractivity contribution in [1.82, 2.24) is 4.31 Å². The van der Waals surface area contributed by atoms with Gasteiger partial charge in [-0.3, -0.25) is 9.59 Å². The van der Waals surface area contributed by atoms with Crippen molar-refractivity contribution in [2.24, 2.45) is 0 Å². The highest BCUT2D eigenvalue weighted by Gasteiger charge is 2.48. The molecule has 1 fully saturated rings. The Morgan fingerprint density at radius 1 is 1.11 bits per heavy atom. The zero-order valence-electron chi connectivity index (χ0n) is 15.6. The fourth-order valence-electron chi connectivity index (χ4n) is 3.28. The summed E-state index contributed by atoms with van der Waals surface area (Å²) in [7, 11) is -3.99. The minimum absolute atomic E-state index is 0.0655. The summed E-state index contributed by atoms with van der Waals surface area (Å²) in [4.78, 5) is 26.6. The number of nitrogens with zero attached hydrogens (tertiary/aromatic N) is 2. The molecule has 2 amide bonds. The molecule has 0 aliphatic carbocycles. The van der Waals surface area contributed by atoms with Crippen molar-refractivity contribution in [3.63, 3.8) is 0 Å². The van der Waals surface area contributed by atoms with Gasteiger partial charge in [0.2, 0.25) is 15.9 Å². The third-order valence-corrected chi connectivity index (χ3v) is 6.90. The molecule has 0 radical (unpaired) electrons. The van der Waals surface area contributed by atoms with Gasteiger partial charge in [-0.05, 0) is 49.7 Å². The van der Waals surface area contributed by atoms with E-state index in [1.165, 1.54) is 24.3 Å². The minimum Gasteiger partial charge on any atom is -0.274 e. The van der Waals surface area contributed by atoms with E-state index in [1.54, 1.807) is 25.1 Å². The first-order valence-electron chi connectivity index (χ1n) is 8.98. The Morgan fingerprint density at radius 2 is 1.71 bits per heavy atom. The number of carbonyl (C=O) groups is 2. The van der Waals surface area contributed by atoms with Crippen LogP contribution in [0.1, 0.15) is 26.7 Å². The predicted octanol–water partition coefficient (Wildman–Crippen LogP) is 2.95. The Kier molecular flexibility index (Phi) is 5.62. The lowest BCUT2D eigenvalue weighted by Crippen LogP contribution is -2.49. The smallest absolute Gasteiger partial charge is 0.252 e. The molecule has 2 atom stereocenters. The molecule has 0 bridgehead atoms. The summed E-state index contributed by atoms with van der Waals surface area (Å²) in [5.74, 6) is -1.64. The van der Waals surface area contributed by atoms with E-state index in [9.17, 15) is 22.4 Å². The van der Waals surface area contributed by atoms with Crippen LogP contribution in [0.5, 0.6) is 0 Å². The summed E-state index contributed by atoms with van der Waals surface area (Å²) in [5, 5.41) is 0. The summed E-state index contributed by atoms with van der Waals surface area (Å²) in [6.45, 7) is 3.52. The summed E-state index contributed by atoms with van der Waals surface area (Å²) >= 11 is 0. The molecule has 0 saturated carbocycles. The van der Waals surface area contributed by atoms with Gasteiger partial charge in [0.15, 0.2) is 0 Å². The van der Waals surface area contributed by atoms with Crippen molar-refractivity contribution in [3.05, 3.63) is 60.4 Å². The van der Waals surface area contributed by atoms with E-state index >= 15 is 0 Å². The maximum absolute atomic E-state index is 13.3. The van der Waals surface area contributed by atoms with Crippen LogP contribution >= 0.6 is 0 Å². The van der Waals surface area contributed by atoms with Crippen LogP contribution in [0.2, 0.25) is 0 Å². The van der Waals surface area contributed by atoms with Crippen molar-refractivity contribution in [1.29, 1.82) is 0 Å². The highest BCUT2D eigenvalue weighted by Crippen LogP contribution is 2.31. The predicted molar refractivity (Wildman–Crippen MR) is 103 cm³/mol. The second-order valence-electron chi connectivity index (χ2n) is 6.67. The zero-order valence-corrected chi connectivity index (χ0v) is 16.4. The van der Waals surface area contributed by atoms with Gasteiger partial charge in [0.1, 0.15) is 11.9 Å². The van der Waals surface area contributed by atoms with Crippen LogP contribution < -0.4 is 4.90 Å². The number of rotatable bonds is 6. The first-order chi connectivity index (χ1) is 13.3. The highest BCUT2D eigenvalue weighted by atomic mass is 32.2. The van der Waals surface area contributed by atoms with Crippen LogP contribution in [0.4, 0.5) is 10.1 Å². The normalized spacial score (nSPS) is 18.7. The van der Waals surface area contributed by atoms with Gasteiger partial charge in [0.05, 0.1) is 17.0 Å². The maximum Gasteiger partial charge on any atom is 0.252 e. The molecule has 6 nitrogen and oxygen atoms in total. The quantitative estimate of drug-likeness (QED) is 0.694. The van der Waals surface area contributed by atoms with Crippen molar-refractivity contribution in [2.75, 3.05) is 4.90 Å². The van der Waals surface area contributed by atoms with Gasteiger partial charge < -0.3 is 0 Å². The van der Waals surface area contributed by atoms with Crippen LogP contribution in [0.15, 0.2) is 59.5 Å². The fourth-order valence-corrected chi connectivity index (χ4v) is 5.15. The SMILES string of the molecule is CCC(C)N(C1CC(=O)N(c2ccc(F)cc2)C1=O)S(=O)(=O)c1ccccc1. The van der Waals surface area contributed by atoms with Crippen LogP contribution in [0, 0.1) is 5.82 Å². The Morgan fingerprint density at radius 3 is 2.29 bits per heavy atom. The summed E-state index contributed by atoms with van der Waals surface area (Å²) in [6.07, 6.45) is 0.215. The molecule has 148 valence electrons. The van der Waals surface area contributed by atoms with E-state index in [2.05, 4.69) is 0 Å². The number of halogens is 1. The van der Waals surface area contributed by atoms with Crippen molar-refractivity contribution in [2.45, 2.75) is 43.7 Å². The van der Waals surface area contributed by atoms with Gasteiger partial charge >= 0.3 is 0 Å². The van der Waals surface area contributed by atoms with Gasteiger partial charge in [-0.2, -0.15) is 4.31 Å². The molecule has 1 aliphatic heterocycles. The van der Waals surface area contributed by atoms with Crippen molar-refractivity contribution >= 4 is 27.5 Å². The van der Waals surface area contributed by atoms with E-state index in [-0.39, 0.29) is 17.0 Å². The Bertz CT molecular complexity index is 977. The van der Waals surface area contributed by atoms with Crippen LogP contribution in [-0.4, -0.2) is 36.6 Å². The number of benzene rings is 2. The largest absolute Gasteiger partial charge is 0.274 e. The Labute approximate surface area is 163 Å². The van der Waals surface area contributed by atoms with E-state index in [4.69, 9.17) is 0 Å². The zero-order chi connectivity index (χ0) is 20.5. The number of amides is 2. The molecular weight excluding hydrogens is 383 g/mol. The highest BCUT2D eigenvalue weighted by molar-refractivity contribution is 7.89. The summed E-state index contributed by atoms with van der Waals surface area (Å²) in [5.41, 5.74) is 0.222. The molecule has 0 N–H and O–H groups in total. The monoisotopic (exact) mass is 404 g/mol. The average molecular weight is 404 g/mol. The lowest BCUT2D eigenvalue weighted by atomic mass is 10.2. The molecule has 2 aromatic carbocycles. The number of hydrogen-bond donors (Lipinski definition) is 0. The molecule has 8 heteroatoms. The van der Waals surface area contributed by atoms with E-state index in [0.717, 1.165) is 21.3 Å². The van der Waals surface area contributed by atoms with Crippen LogP contribution in [-0.2, 0) is 19.6 Å². The molecule has 1 saturated heterocycles. The summed E-state index contributed by atoms with van der Waals surface area (Å²) in [6, 6.07) is 11.2. The van der Waals surface area contributed by atoms with Crippen LogP contribution in [0.3, 0.4) is 0 Å². The number of anilines is 1. The first-order valence-corrected chi connectivity index (χ1v) is 10.4. The Balaban J connectivity index is 2.01. The van der Waals surface area contributed by atoms with E-state index < -0.39 is 39.7 Å². The second kappa shape index (κ2) is 7.81. The van der Waals surface area contributed by atoms with E-state index in [1.807, 2.05) is 6.92 Å². The lowest BCUT2D eigenvalue weighted by molar-refractivity contribution is -0.122. The maximum atomic E-state index is 13.3. The summed E-state index contributed by atoms with van der Waals surface area (Å²) < 4.78 is 40.8. The molecular formula is C20H21FN2O4S. The van der Waals surface area contributed by atoms with Crippen LogP contribution in [0.25, 0.3) is 0 Å². The van der Waals surface area contributed by atoms with Crippen molar-refractivity contribution in [3.8, 4) is 0 Å². The molecule has 28 heavy (non-hydrogen) atoms. The number of carbonyl (C=O) groups excluding carboxylic acids is 2. The van der Waals surface area contributed by atoms with E-state index in [0.29, 0.717) is 6.42 Å². The minimum atomic E-state index is -3.99. The fraction of sp³-hybridized carbons (Fsp3) is 0.300. The van der Waals surface area contributed by atoms with Gasteiger partial charge in [-0.15, -0.1) is 0 Å². The molecule has 2 aromatic rings. The molecule has 2 unspecified atom stereocenters. The second-order valence-corrected chi connectivity index (χ2v) is 8.51. The Hall–Kier alpha value is -2.58. The van der Waals surface area contributed by atoms with Gasteiger partial charge in [0.25, 0.3) is 5.91 Å². The van der Waals surface area contributed by atoms with Gasteiger partial charge in [-0.25, -0.2) is 17.7 Å². The van der Waals surface area contributed by atoms with Crippen molar-refractivity contribution < 1.29 is 22.4 Å². The molecule has 1 heterocycles. The average Bonchev–Trinajstić information content (AvgIpc) is 2.97. The molecule has 3 rings (SSSR count). The first kappa shape index (κ1) is 20.2. The van der Waals surface area contributed by atoms with Gasteiger partial charge in [0, 0.05) is 6.04 Å². The number of imide groups is 1. The standard InChI is InChI=1S/C20H21FN2O4S/c1-3-14(2)23(28(26,27)17-7-5-4-6-8-17)18-13-19(24)22(20(18)25)16-11-9-15(21)10-12-16/h4-12,14,18H,3,13H2,1-2H3. The third kappa shape index (κ3) is 3.57. The molecule has 1 aliphatic rings.